The Bertz CT molecular complexity index is 838. The molecule has 2 heterocycles. The number of hydrogen-bond acceptors (Lipinski definition) is 4. The molecule has 1 aliphatic rings. The van der Waals surface area contributed by atoms with Gasteiger partial charge in [-0.05, 0) is 25.0 Å². The molecule has 1 saturated heterocycles. The molecule has 1 atom stereocenters. The second-order valence-electron chi connectivity index (χ2n) is 5.48. The van der Waals surface area contributed by atoms with Crippen LogP contribution in [-0.4, -0.2) is 15.5 Å². The molecule has 0 aliphatic carbocycles. The number of aryl methyl sites for hydroxylation is 1. The van der Waals surface area contributed by atoms with Crippen molar-refractivity contribution in [3.8, 4) is 0 Å². The minimum absolute atomic E-state index is 0.0663. The summed E-state index contributed by atoms with van der Waals surface area (Å²) in [6.07, 6.45) is 0.912. The standard InChI is InChI=1S/C16H18N4O2/c1-9-13(6-7-14(21)18-9)20-10(2)19-12-5-3-4-11(8-17)15(12)16(20)22/h3-5,13H,1,6-8,17H2,2H3,(H,18,21). The minimum Gasteiger partial charge on any atom is -0.328 e. The van der Waals surface area contributed by atoms with Gasteiger partial charge in [0.15, 0.2) is 0 Å². The Hall–Kier alpha value is -2.47. The third kappa shape index (κ3) is 2.21. The fourth-order valence-electron chi connectivity index (χ4n) is 3.01. The quantitative estimate of drug-likeness (QED) is 0.869. The Kier molecular flexibility index (Phi) is 3.54. The van der Waals surface area contributed by atoms with Crippen molar-refractivity contribution in [2.45, 2.75) is 32.4 Å². The highest BCUT2D eigenvalue weighted by molar-refractivity contribution is 5.82. The van der Waals surface area contributed by atoms with Crippen molar-refractivity contribution in [3.63, 3.8) is 0 Å². The molecule has 1 aromatic heterocycles. The number of carbonyl (C=O) groups is 1. The first-order chi connectivity index (χ1) is 10.5. The summed E-state index contributed by atoms with van der Waals surface area (Å²) in [5.74, 6) is 0.539. The van der Waals surface area contributed by atoms with Crippen LogP contribution >= 0.6 is 0 Å². The summed E-state index contributed by atoms with van der Waals surface area (Å²) in [6.45, 7) is 5.95. The molecule has 0 radical (unpaired) electrons. The molecular weight excluding hydrogens is 280 g/mol. The van der Waals surface area contributed by atoms with Gasteiger partial charge in [-0.15, -0.1) is 0 Å². The van der Waals surface area contributed by atoms with Crippen LogP contribution in [0.4, 0.5) is 0 Å². The molecule has 1 unspecified atom stereocenters. The maximum absolute atomic E-state index is 13.0. The lowest BCUT2D eigenvalue weighted by molar-refractivity contribution is -0.121. The van der Waals surface area contributed by atoms with Crippen molar-refractivity contribution in [2.75, 3.05) is 0 Å². The highest BCUT2D eigenvalue weighted by atomic mass is 16.2. The van der Waals surface area contributed by atoms with Crippen LogP contribution in [0.15, 0.2) is 35.3 Å². The van der Waals surface area contributed by atoms with E-state index in [0.29, 0.717) is 35.3 Å². The molecule has 6 nitrogen and oxygen atoms in total. The lowest BCUT2D eigenvalue weighted by Crippen LogP contribution is -2.38. The second kappa shape index (κ2) is 5.38. The monoisotopic (exact) mass is 298 g/mol. The van der Waals surface area contributed by atoms with Crippen molar-refractivity contribution in [1.29, 1.82) is 0 Å². The molecule has 2 aromatic rings. The zero-order valence-electron chi connectivity index (χ0n) is 12.4. The van der Waals surface area contributed by atoms with E-state index in [1.165, 1.54) is 0 Å². The van der Waals surface area contributed by atoms with E-state index < -0.39 is 0 Å². The first-order valence-electron chi connectivity index (χ1n) is 7.22. The van der Waals surface area contributed by atoms with Gasteiger partial charge in [0.05, 0.1) is 16.9 Å². The zero-order chi connectivity index (χ0) is 15.9. The molecule has 3 N–H and O–H groups in total. The van der Waals surface area contributed by atoms with E-state index in [1.54, 1.807) is 11.5 Å². The van der Waals surface area contributed by atoms with E-state index in [4.69, 9.17) is 5.73 Å². The van der Waals surface area contributed by atoms with Gasteiger partial charge in [-0.3, -0.25) is 14.2 Å². The highest BCUT2D eigenvalue weighted by Gasteiger charge is 2.26. The smallest absolute Gasteiger partial charge is 0.262 e. The predicted octanol–water partition coefficient (Wildman–Crippen LogP) is 1.13. The number of rotatable bonds is 2. The molecule has 114 valence electrons. The van der Waals surface area contributed by atoms with Crippen LogP contribution in [0.25, 0.3) is 10.9 Å². The number of nitrogens with two attached hydrogens (primary N) is 1. The largest absolute Gasteiger partial charge is 0.328 e. The first-order valence-corrected chi connectivity index (χ1v) is 7.22. The van der Waals surface area contributed by atoms with E-state index in [0.717, 1.165) is 5.56 Å². The van der Waals surface area contributed by atoms with Crippen LogP contribution in [-0.2, 0) is 11.3 Å². The highest BCUT2D eigenvalue weighted by Crippen LogP contribution is 2.25. The first kappa shape index (κ1) is 14.5. The topological polar surface area (TPSA) is 90.0 Å². The van der Waals surface area contributed by atoms with Gasteiger partial charge in [-0.25, -0.2) is 4.98 Å². The third-order valence-corrected chi connectivity index (χ3v) is 4.07. The average molecular weight is 298 g/mol. The number of nitrogens with one attached hydrogen (secondary N) is 1. The molecule has 1 amide bonds. The SMILES string of the molecule is C=C1NC(=O)CCC1n1c(C)nc2cccc(CN)c2c1=O. The molecule has 22 heavy (non-hydrogen) atoms. The molecule has 1 aromatic carbocycles. The molecular formula is C16H18N4O2. The third-order valence-electron chi connectivity index (χ3n) is 4.07. The van der Waals surface area contributed by atoms with Crippen LogP contribution < -0.4 is 16.6 Å². The Balaban J connectivity index is 2.24. The molecule has 0 spiro atoms. The molecule has 1 fully saturated rings. The van der Waals surface area contributed by atoms with Crippen molar-refractivity contribution < 1.29 is 4.79 Å². The maximum Gasteiger partial charge on any atom is 0.262 e. The Morgan fingerprint density at radius 2 is 2.23 bits per heavy atom. The summed E-state index contributed by atoms with van der Waals surface area (Å²) >= 11 is 0. The van der Waals surface area contributed by atoms with Crippen molar-refractivity contribution in [1.82, 2.24) is 14.9 Å². The van der Waals surface area contributed by atoms with Gasteiger partial charge >= 0.3 is 0 Å². The van der Waals surface area contributed by atoms with Crippen LogP contribution in [0, 0.1) is 6.92 Å². The second-order valence-corrected chi connectivity index (χ2v) is 5.48. The number of aromatic nitrogens is 2. The fourth-order valence-corrected chi connectivity index (χ4v) is 3.01. The van der Waals surface area contributed by atoms with Crippen molar-refractivity contribution in [3.05, 3.63) is 52.2 Å². The summed E-state index contributed by atoms with van der Waals surface area (Å²) in [5.41, 5.74) is 7.57. The number of carbonyl (C=O) groups excluding carboxylic acids is 1. The lowest BCUT2D eigenvalue weighted by Gasteiger charge is -2.28. The molecule has 0 saturated carbocycles. The fraction of sp³-hybridized carbons (Fsp3) is 0.312. The predicted molar refractivity (Wildman–Crippen MR) is 84.2 cm³/mol. The van der Waals surface area contributed by atoms with Gasteiger partial charge in [0.2, 0.25) is 5.91 Å². The summed E-state index contributed by atoms with van der Waals surface area (Å²) < 4.78 is 1.61. The van der Waals surface area contributed by atoms with Gasteiger partial charge in [0, 0.05) is 18.7 Å². The maximum atomic E-state index is 13.0. The van der Waals surface area contributed by atoms with Gasteiger partial charge < -0.3 is 11.1 Å². The lowest BCUT2D eigenvalue weighted by atomic mass is 10.0. The number of hydrogen-bond donors (Lipinski definition) is 2. The number of benzene rings is 1. The Morgan fingerprint density at radius 3 is 2.91 bits per heavy atom. The average Bonchev–Trinajstić information content (AvgIpc) is 2.48. The van der Waals surface area contributed by atoms with E-state index in [1.807, 2.05) is 18.2 Å². The van der Waals surface area contributed by atoms with Crippen LogP contribution in [0.2, 0.25) is 0 Å². The van der Waals surface area contributed by atoms with E-state index in [9.17, 15) is 9.59 Å². The summed E-state index contributed by atoms with van der Waals surface area (Å²) in [6, 6.07) is 5.22. The number of nitrogens with zero attached hydrogens (tertiary/aromatic N) is 2. The van der Waals surface area contributed by atoms with Crippen molar-refractivity contribution in [2.24, 2.45) is 5.73 Å². The summed E-state index contributed by atoms with van der Waals surface area (Å²) in [4.78, 5) is 28.9. The molecule has 0 bridgehead atoms. The van der Waals surface area contributed by atoms with Crippen LogP contribution in [0.5, 0.6) is 0 Å². The van der Waals surface area contributed by atoms with Gasteiger partial charge in [0.1, 0.15) is 5.82 Å². The van der Waals surface area contributed by atoms with E-state index in [2.05, 4.69) is 16.9 Å². The Morgan fingerprint density at radius 1 is 1.45 bits per heavy atom. The normalized spacial score (nSPS) is 18.5. The number of allylic oxidation sites excluding steroid dienone is 1. The van der Waals surface area contributed by atoms with Gasteiger partial charge in [-0.1, -0.05) is 18.7 Å². The van der Waals surface area contributed by atoms with E-state index in [-0.39, 0.29) is 24.1 Å². The summed E-state index contributed by atoms with van der Waals surface area (Å²) in [5, 5.41) is 3.26. The number of piperidine rings is 1. The zero-order valence-corrected chi connectivity index (χ0v) is 12.4. The van der Waals surface area contributed by atoms with Crippen LogP contribution in [0.1, 0.15) is 30.3 Å². The molecule has 6 heteroatoms. The minimum atomic E-state index is -0.270. The van der Waals surface area contributed by atoms with Crippen LogP contribution in [0.3, 0.4) is 0 Å². The van der Waals surface area contributed by atoms with Gasteiger partial charge in [0.25, 0.3) is 5.56 Å². The molecule has 1 aliphatic heterocycles. The summed E-state index contributed by atoms with van der Waals surface area (Å²) in [7, 11) is 0. The molecule has 3 rings (SSSR count). The number of amides is 1. The van der Waals surface area contributed by atoms with Gasteiger partial charge in [-0.2, -0.15) is 0 Å². The number of fused-ring (bicyclic) bond motifs is 1. The van der Waals surface area contributed by atoms with Crippen molar-refractivity contribution >= 4 is 16.8 Å². The Labute approximate surface area is 127 Å². The van der Waals surface area contributed by atoms with E-state index >= 15 is 0 Å².